The predicted molar refractivity (Wildman–Crippen MR) is 75.3 cm³/mol. The summed E-state index contributed by atoms with van der Waals surface area (Å²) in [6.07, 6.45) is 2.90. The molecule has 2 aromatic rings. The summed E-state index contributed by atoms with van der Waals surface area (Å²) in [5.74, 6) is -0.312. The second-order valence-corrected chi connectivity index (χ2v) is 5.80. The molecule has 1 aromatic heterocycles. The van der Waals surface area contributed by atoms with Gasteiger partial charge in [0.25, 0.3) is 0 Å². The van der Waals surface area contributed by atoms with E-state index >= 15 is 0 Å². The number of thiophene rings is 1. The van der Waals surface area contributed by atoms with E-state index in [1.807, 2.05) is 11.4 Å². The molecule has 0 N–H and O–H groups in total. The number of rotatable bonds is 5. The Hall–Kier alpha value is -1.68. The maximum absolute atomic E-state index is 14.1. The van der Waals surface area contributed by atoms with Crippen molar-refractivity contribution in [3.63, 3.8) is 0 Å². The molecule has 1 fully saturated rings. The molecule has 1 aliphatic rings. The van der Waals surface area contributed by atoms with Crippen molar-refractivity contribution in [2.24, 2.45) is 0 Å². The van der Waals surface area contributed by atoms with Gasteiger partial charge in [-0.1, -0.05) is 6.07 Å². The third kappa shape index (κ3) is 2.68. The molecule has 4 heteroatoms. The van der Waals surface area contributed by atoms with Crippen LogP contribution in [-0.2, 0) is 6.54 Å². The Kier molecular flexibility index (Phi) is 3.34. The molecule has 0 atom stereocenters. The van der Waals surface area contributed by atoms with Gasteiger partial charge in [-0.15, -0.1) is 11.3 Å². The largest absolute Gasteiger partial charge is 0.361 e. The summed E-state index contributed by atoms with van der Waals surface area (Å²) in [5, 5.41) is 2.03. The minimum absolute atomic E-state index is 0.312. The summed E-state index contributed by atoms with van der Waals surface area (Å²) in [6, 6.07) is 9.21. The number of benzene rings is 1. The van der Waals surface area contributed by atoms with Crippen molar-refractivity contribution in [3.05, 3.63) is 52.0 Å². The van der Waals surface area contributed by atoms with Crippen LogP contribution < -0.4 is 4.90 Å². The van der Waals surface area contributed by atoms with Crippen LogP contribution in [0.5, 0.6) is 0 Å². The Morgan fingerprint density at radius 2 is 2.21 bits per heavy atom. The van der Waals surface area contributed by atoms with Crippen LogP contribution in [0, 0.1) is 5.82 Å². The summed E-state index contributed by atoms with van der Waals surface area (Å²) >= 11 is 1.68. The first-order chi connectivity index (χ1) is 9.28. The van der Waals surface area contributed by atoms with Crippen molar-refractivity contribution < 1.29 is 9.18 Å². The van der Waals surface area contributed by atoms with Gasteiger partial charge in [-0.3, -0.25) is 4.79 Å². The van der Waals surface area contributed by atoms with Crippen molar-refractivity contribution in [1.29, 1.82) is 0 Å². The van der Waals surface area contributed by atoms with Gasteiger partial charge < -0.3 is 4.90 Å². The van der Waals surface area contributed by atoms with Gasteiger partial charge in [-0.25, -0.2) is 4.39 Å². The van der Waals surface area contributed by atoms with Crippen molar-refractivity contribution in [2.45, 2.75) is 25.4 Å². The molecule has 0 bridgehead atoms. The molecule has 19 heavy (non-hydrogen) atoms. The van der Waals surface area contributed by atoms with E-state index in [1.165, 1.54) is 10.9 Å². The van der Waals surface area contributed by atoms with Gasteiger partial charge in [0.15, 0.2) is 0 Å². The molecular weight excluding hydrogens is 261 g/mol. The van der Waals surface area contributed by atoms with Crippen LogP contribution in [0.4, 0.5) is 10.1 Å². The molecule has 1 aliphatic carbocycles. The van der Waals surface area contributed by atoms with E-state index in [-0.39, 0.29) is 5.82 Å². The summed E-state index contributed by atoms with van der Waals surface area (Å²) < 4.78 is 14.1. The SMILES string of the molecule is O=Cc1ccc(N(Cc2cccs2)C2CC2)c(F)c1. The van der Waals surface area contributed by atoms with Gasteiger partial charge in [0, 0.05) is 16.5 Å². The smallest absolute Gasteiger partial charge is 0.150 e. The van der Waals surface area contributed by atoms with E-state index < -0.39 is 0 Å². The standard InChI is InChI=1S/C15H14FNOS/c16-14-8-11(10-18)3-6-15(14)17(12-4-5-12)9-13-2-1-7-19-13/h1-3,6-8,10,12H,4-5,9H2. The highest BCUT2D eigenvalue weighted by molar-refractivity contribution is 7.09. The van der Waals surface area contributed by atoms with E-state index in [2.05, 4.69) is 11.0 Å². The first-order valence-electron chi connectivity index (χ1n) is 6.31. The third-order valence-corrected chi connectivity index (χ3v) is 4.17. The zero-order chi connectivity index (χ0) is 13.2. The second kappa shape index (κ2) is 5.13. The first-order valence-corrected chi connectivity index (χ1v) is 7.19. The normalized spacial score (nSPS) is 14.4. The number of carbonyl (C=O) groups is 1. The number of carbonyl (C=O) groups excluding carboxylic acids is 1. The van der Waals surface area contributed by atoms with Gasteiger partial charge in [0.2, 0.25) is 0 Å². The minimum atomic E-state index is -0.312. The zero-order valence-corrected chi connectivity index (χ0v) is 11.2. The molecule has 1 heterocycles. The molecule has 1 aromatic carbocycles. The number of anilines is 1. The van der Waals surface area contributed by atoms with Crippen LogP contribution in [0.15, 0.2) is 35.7 Å². The molecule has 98 valence electrons. The summed E-state index contributed by atoms with van der Waals surface area (Å²) in [4.78, 5) is 14.0. The molecule has 0 spiro atoms. The van der Waals surface area contributed by atoms with Crippen LogP contribution in [0.25, 0.3) is 0 Å². The number of halogens is 1. The van der Waals surface area contributed by atoms with Gasteiger partial charge in [0.1, 0.15) is 12.1 Å². The van der Waals surface area contributed by atoms with Crippen molar-refractivity contribution in [2.75, 3.05) is 4.90 Å². The van der Waals surface area contributed by atoms with E-state index in [0.29, 0.717) is 23.6 Å². The second-order valence-electron chi connectivity index (χ2n) is 4.77. The lowest BCUT2D eigenvalue weighted by atomic mass is 10.2. The van der Waals surface area contributed by atoms with E-state index in [1.54, 1.807) is 23.5 Å². The van der Waals surface area contributed by atoms with E-state index in [9.17, 15) is 9.18 Å². The van der Waals surface area contributed by atoms with E-state index in [4.69, 9.17) is 0 Å². The highest BCUT2D eigenvalue weighted by Gasteiger charge is 2.30. The minimum Gasteiger partial charge on any atom is -0.361 e. The lowest BCUT2D eigenvalue weighted by molar-refractivity contribution is 0.112. The van der Waals surface area contributed by atoms with Crippen molar-refractivity contribution >= 4 is 23.3 Å². The number of hydrogen-bond acceptors (Lipinski definition) is 3. The Morgan fingerprint density at radius 1 is 1.37 bits per heavy atom. The van der Waals surface area contributed by atoms with Crippen LogP contribution >= 0.6 is 11.3 Å². The number of aldehydes is 1. The summed E-state index contributed by atoms with van der Waals surface area (Å²) in [7, 11) is 0. The fraction of sp³-hybridized carbons (Fsp3) is 0.267. The van der Waals surface area contributed by atoms with Gasteiger partial charge in [-0.2, -0.15) is 0 Å². The molecular formula is C15H14FNOS. The maximum Gasteiger partial charge on any atom is 0.150 e. The average Bonchev–Trinajstić information content (AvgIpc) is 3.14. The predicted octanol–water partition coefficient (Wildman–Crippen LogP) is 3.87. The molecule has 0 amide bonds. The lowest BCUT2D eigenvalue weighted by Gasteiger charge is -2.24. The van der Waals surface area contributed by atoms with Gasteiger partial charge in [0.05, 0.1) is 12.2 Å². The average molecular weight is 275 g/mol. The van der Waals surface area contributed by atoms with Gasteiger partial charge >= 0.3 is 0 Å². The summed E-state index contributed by atoms with van der Waals surface area (Å²) in [6.45, 7) is 0.736. The molecule has 0 radical (unpaired) electrons. The molecule has 0 unspecified atom stereocenters. The fourth-order valence-corrected chi connectivity index (χ4v) is 2.90. The molecule has 1 saturated carbocycles. The van der Waals surface area contributed by atoms with Gasteiger partial charge in [-0.05, 0) is 42.5 Å². The molecule has 0 saturated heterocycles. The zero-order valence-electron chi connectivity index (χ0n) is 10.4. The highest BCUT2D eigenvalue weighted by Crippen LogP contribution is 2.35. The monoisotopic (exact) mass is 275 g/mol. The molecule has 2 nitrogen and oxygen atoms in total. The number of nitrogens with zero attached hydrogens (tertiary/aromatic N) is 1. The Bertz CT molecular complexity index is 578. The number of hydrogen-bond donors (Lipinski definition) is 0. The Balaban J connectivity index is 1.89. The maximum atomic E-state index is 14.1. The Morgan fingerprint density at radius 3 is 2.79 bits per heavy atom. The third-order valence-electron chi connectivity index (χ3n) is 3.31. The summed E-state index contributed by atoms with van der Waals surface area (Å²) in [5.41, 5.74) is 0.981. The quantitative estimate of drug-likeness (QED) is 0.772. The fourth-order valence-electron chi connectivity index (χ4n) is 2.20. The van der Waals surface area contributed by atoms with Crippen LogP contribution in [-0.4, -0.2) is 12.3 Å². The Labute approximate surface area is 115 Å². The van der Waals surface area contributed by atoms with E-state index in [0.717, 1.165) is 19.4 Å². The first kappa shape index (κ1) is 12.4. The molecule has 3 rings (SSSR count). The van der Waals surface area contributed by atoms with Crippen molar-refractivity contribution in [1.82, 2.24) is 0 Å². The van der Waals surface area contributed by atoms with Crippen molar-refractivity contribution in [3.8, 4) is 0 Å². The van der Waals surface area contributed by atoms with Crippen LogP contribution in [0.2, 0.25) is 0 Å². The van der Waals surface area contributed by atoms with Crippen LogP contribution in [0.1, 0.15) is 28.1 Å². The molecule has 0 aliphatic heterocycles. The topological polar surface area (TPSA) is 20.3 Å². The lowest BCUT2D eigenvalue weighted by Crippen LogP contribution is -2.25. The highest BCUT2D eigenvalue weighted by atomic mass is 32.1. The van der Waals surface area contributed by atoms with Crippen LogP contribution in [0.3, 0.4) is 0 Å².